The minimum Gasteiger partial charge on any atom is -0.334 e. The summed E-state index contributed by atoms with van der Waals surface area (Å²) in [5.74, 6) is 0.214. The zero-order valence-corrected chi connectivity index (χ0v) is 13.3. The van der Waals surface area contributed by atoms with E-state index in [0.717, 1.165) is 23.2 Å². The van der Waals surface area contributed by atoms with Gasteiger partial charge in [-0.25, -0.2) is 4.98 Å². The number of nitrogens with one attached hydrogen (secondary N) is 1. The molecule has 1 atom stereocenters. The van der Waals surface area contributed by atoms with Gasteiger partial charge in [0.15, 0.2) is 5.82 Å². The van der Waals surface area contributed by atoms with Gasteiger partial charge in [0.05, 0.1) is 10.5 Å². The highest BCUT2D eigenvalue weighted by atomic mass is 35.5. The number of aromatic nitrogens is 3. The molecule has 0 fully saturated rings. The van der Waals surface area contributed by atoms with E-state index in [9.17, 15) is 4.79 Å². The minimum atomic E-state index is -0.112. The highest BCUT2D eigenvalue weighted by Gasteiger charge is 2.29. The Kier molecular flexibility index (Phi) is 3.31. The van der Waals surface area contributed by atoms with Gasteiger partial charge in [-0.15, -0.1) is 0 Å². The second kappa shape index (κ2) is 5.35. The molecule has 1 aliphatic rings. The maximum Gasteiger partial charge on any atom is 0.290 e. The van der Waals surface area contributed by atoms with Crippen molar-refractivity contribution in [2.24, 2.45) is 0 Å². The second-order valence-corrected chi connectivity index (χ2v) is 6.22. The number of benzene rings is 1. The molecule has 6 heteroatoms. The molecular formula is C17H15ClN4O. The maximum atomic E-state index is 12.9. The number of pyridine rings is 1. The Bertz CT molecular complexity index is 904. The molecule has 116 valence electrons. The van der Waals surface area contributed by atoms with E-state index < -0.39 is 0 Å². The fourth-order valence-corrected chi connectivity index (χ4v) is 3.25. The number of para-hydroxylation sites is 1. The third-order valence-electron chi connectivity index (χ3n) is 4.27. The summed E-state index contributed by atoms with van der Waals surface area (Å²) in [6.07, 6.45) is 2.55. The molecule has 0 spiro atoms. The first kappa shape index (κ1) is 14.2. The Balaban J connectivity index is 1.69. The summed E-state index contributed by atoms with van der Waals surface area (Å²) in [5, 5.41) is 0.541. The fourth-order valence-electron chi connectivity index (χ4n) is 3.03. The van der Waals surface area contributed by atoms with Crippen LogP contribution in [0.15, 0.2) is 36.5 Å². The first-order valence-corrected chi connectivity index (χ1v) is 7.89. The fraction of sp³-hybridized carbons (Fsp3) is 0.235. The van der Waals surface area contributed by atoms with E-state index in [-0.39, 0.29) is 11.9 Å². The number of amides is 1. The van der Waals surface area contributed by atoms with Crippen LogP contribution in [0.1, 0.15) is 28.8 Å². The smallest absolute Gasteiger partial charge is 0.290 e. The van der Waals surface area contributed by atoms with Gasteiger partial charge in [0.25, 0.3) is 5.91 Å². The van der Waals surface area contributed by atoms with Gasteiger partial charge in [0, 0.05) is 30.9 Å². The van der Waals surface area contributed by atoms with Crippen LogP contribution in [0.25, 0.3) is 11.0 Å². The molecule has 0 saturated carbocycles. The van der Waals surface area contributed by atoms with Crippen molar-refractivity contribution in [2.75, 3.05) is 0 Å². The molecular weight excluding hydrogens is 312 g/mol. The lowest BCUT2D eigenvalue weighted by Crippen LogP contribution is -2.43. The molecule has 5 nitrogen and oxygen atoms in total. The third kappa shape index (κ3) is 2.37. The number of hydrogen-bond donors (Lipinski definition) is 1. The van der Waals surface area contributed by atoms with E-state index >= 15 is 0 Å². The predicted molar refractivity (Wildman–Crippen MR) is 88.4 cm³/mol. The summed E-state index contributed by atoms with van der Waals surface area (Å²) < 4.78 is 0. The van der Waals surface area contributed by atoms with E-state index in [0.29, 0.717) is 22.9 Å². The summed E-state index contributed by atoms with van der Waals surface area (Å²) >= 11 is 6.14. The molecule has 3 heterocycles. The largest absolute Gasteiger partial charge is 0.334 e. The number of fused-ring (bicyclic) bond motifs is 2. The van der Waals surface area contributed by atoms with Crippen LogP contribution >= 0.6 is 11.6 Å². The van der Waals surface area contributed by atoms with Crippen molar-refractivity contribution in [3.05, 3.63) is 58.6 Å². The number of imidazole rings is 1. The molecule has 0 aliphatic carbocycles. The molecule has 1 amide bonds. The number of H-pyrrole nitrogens is 1. The Morgan fingerprint density at radius 1 is 1.35 bits per heavy atom. The van der Waals surface area contributed by atoms with E-state index in [4.69, 9.17) is 11.6 Å². The van der Waals surface area contributed by atoms with E-state index in [1.165, 1.54) is 0 Å². The zero-order chi connectivity index (χ0) is 16.0. The number of carbonyl (C=O) groups excluding carboxylic acids is 1. The number of aromatic amines is 1. The SMILES string of the molecule is C[C@@H]1Cc2ncccc2CN1C(=O)c1nc2c(Cl)cccc2[nH]1. The lowest BCUT2D eigenvalue weighted by atomic mass is 10.00. The molecule has 2 aromatic heterocycles. The van der Waals surface area contributed by atoms with Crippen molar-refractivity contribution < 1.29 is 4.79 Å². The Morgan fingerprint density at radius 3 is 3.04 bits per heavy atom. The highest BCUT2D eigenvalue weighted by Crippen LogP contribution is 2.25. The lowest BCUT2D eigenvalue weighted by molar-refractivity contribution is 0.0645. The van der Waals surface area contributed by atoms with Gasteiger partial charge in [-0.05, 0) is 30.7 Å². The molecule has 1 N–H and O–H groups in total. The van der Waals surface area contributed by atoms with E-state index in [1.54, 1.807) is 12.3 Å². The Morgan fingerprint density at radius 2 is 2.22 bits per heavy atom. The van der Waals surface area contributed by atoms with Crippen molar-refractivity contribution in [1.29, 1.82) is 0 Å². The zero-order valence-electron chi connectivity index (χ0n) is 12.6. The molecule has 1 aliphatic heterocycles. The number of nitrogens with zero attached hydrogens (tertiary/aromatic N) is 3. The molecule has 0 saturated heterocycles. The van der Waals surface area contributed by atoms with Crippen LogP contribution in [0.5, 0.6) is 0 Å². The number of halogens is 1. The van der Waals surface area contributed by atoms with Crippen LogP contribution in [0.4, 0.5) is 0 Å². The van der Waals surface area contributed by atoms with Crippen molar-refractivity contribution in [1.82, 2.24) is 19.9 Å². The highest BCUT2D eigenvalue weighted by molar-refractivity contribution is 6.35. The van der Waals surface area contributed by atoms with Gasteiger partial charge in [0.1, 0.15) is 5.52 Å². The third-order valence-corrected chi connectivity index (χ3v) is 4.58. The summed E-state index contributed by atoms with van der Waals surface area (Å²) in [6, 6.07) is 9.47. The number of hydrogen-bond acceptors (Lipinski definition) is 3. The molecule has 3 aromatic rings. The van der Waals surface area contributed by atoms with Crippen LogP contribution in [-0.2, 0) is 13.0 Å². The topological polar surface area (TPSA) is 61.9 Å². The summed E-state index contributed by atoms with van der Waals surface area (Å²) in [6.45, 7) is 2.58. The first-order valence-electron chi connectivity index (χ1n) is 7.51. The minimum absolute atomic E-state index is 0.0774. The van der Waals surface area contributed by atoms with Gasteiger partial charge >= 0.3 is 0 Å². The summed E-state index contributed by atoms with van der Waals surface area (Å²) in [5.41, 5.74) is 3.56. The first-order chi connectivity index (χ1) is 11.1. The van der Waals surface area contributed by atoms with Gasteiger partial charge in [-0.3, -0.25) is 9.78 Å². The van der Waals surface area contributed by atoms with Crippen molar-refractivity contribution >= 4 is 28.5 Å². The number of carbonyl (C=O) groups is 1. The van der Waals surface area contributed by atoms with Gasteiger partial charge in [0.2, 0.25) is 0 Å². The lowest BCUT2D eigenvalue weighted by Gasteiger charge is -2.33. The average molecular weight is 327 g/mol. The van der Waals surface area contributed by atoms with Gasteiger partial charge in [-0.1, -0.05) is 23.7 Å². The molecule has 1 aromatic carbocycles. The second-order valence-electron chi connectivity index (χ2n) is 5.82. The van der Waals surface area contributed by atoms with Crippen LogP contribution in [0, 0.1) is 0 Å². The monoisotopic (exact) mass is 326 g/mol. The quantitative estimate of drug-likeness (QED) is 0.747. The van der Waals surface area contributed by atoms with Crippen molar-refractivity contribution in [3.8, 4) is 0 Å². The molecule has 0 bridgehead atoms. The maximum absolute atomic E-state index is 12.9. The van der Waals surface area contributed by atoms with Crippen LogP contribution in [0.3, 0.4) is 0 Å². The van der Waals surface area contributed by atoms with Crippen molar-refractivity contribution in [3.63, 3.8) is 0 Å². The summed E-state index contributed by atoms with van der Waals surface area (Å²) in [7, 11) is 0. The molecule has 4 rings (SSSR count). The number of rotatable bonds is 1. The van der Waals surface area contributed by atoms with Crippen LogP contribution < -0.4 is 0 Å². The average Bonchev–Trinajstić information content (AvgIpc) is 2.99. The molecule has 0 unspecified atom stereocenters. The van der Waals surface area contributed by atoms with Gasteiger partial charge < -0.3 is 9.88 Å². The predicted octanol–water partition coefficient (Wildman–Crippen LogP) is 3.20. The molecule has 0 radical (unpaired) electrons. The van der Waals surface area contributed by atoms with E-state index in [1.807, 2.05) is 36.1 Å². The Labute approximate surface area is 138 Å². The van der Waals surface area contributed by atoms with E-state index in [2.05, 4.69) is 15.0 Å². The van der Waals surface area contributed by atoms with Gasteiger partial charge in [-0.2, -0.15) is 0 Å². The van der Waals surface area contributed by atoms with Crippen LogP contribution in [-0.4, -0.2) is 31.8 Å². The normalized spacial score (nSPS) is 17.3. The van der Waals surface area contributed by atoms with Crippen molar-refractivity contribution in [2.45, 2.75) is 25.9 Å². The van der Waals surface area contributed by atoms with Crippen LogP contribution in [0.2, 0.25) is 5.02 Å². The molecule has 23 heavy (non-hydrogen) atoms. The summed E-state index contributed by atoms with van der Waals surface area (Å²) in [4.78, 5) is 26.6. The Hall–Kier alpha value is -2.40. The standard InChI is InChI=1S/C17H15ClN4O/c1-10-8-14-11(4-3-7-19-14)9-22(10)17(23)16-20-13-6-2-5-12(18)15(13)21-16/h2-7,10H,8-9H2,1H3,(H,20,21)/t10-/m1/s1.